The predicted molar refractivity (Wildman–Crippen MR) is 78.3 cm³/mol. The number of nitrogens with one attached hydrogen (secondary N) is 2. The molecule has 0 aliphatic rings. The molecule has 10 heteroatoms. The zero-order chi connectivity index (χ0) is 17.5. The average molecular weight is 359 g/mol. The van der Waals surface area contributed by atoms with Gasteiger partial charge in [0.2, 0.25) is 5.82 Å². The lowest BCUT2D eigenvalue weighted by Crippen LogP contribution is -2.13. The Bertz CT molecular complexity index is 938. The summed E-state index contributed by atoms with van der Waals surface area (Å²) in [5.41, 5.74) is 0.150. The van der Waals surface area contributed by atoms with Gasteiger partial charge in [-0.2, -0.15) is 13.2 Å². The summed E-state index contributed by atoms with van der Waals surface area (Å²) in [4.78, 5) is 21.1. The molecule has 2 aromatic heterocycles. The van der Waals surface area contributed by atoms with Crippen molar-refractivity contribution in [1.29, 1.82) is 0 Å². The van der Waals surface area contributed by atoms with Gasteiger partial charge in [-0.3, -0.25) is 4.79 Å². The molecule has 3 aromatic rings. The van der Waals surface area contributed by atoms with Crippen LogP contribution < -0.4 is 5.32 Å². The van der Waals surface area contributed by atoms with Gasteiger partial charge in [-0.15, -0.1) is 0 Å². The Hall–Kier alpha value is -2.68. The van der Waals surface area contributed by atoms with Crippen LogP contribution in [0, 0.1) is 5.82 Å². The van der Waals surface area contributed by atoms with E-state index in [0.29, 0.717) is 0 Å². The Morgan fingerprint density at radius 3 is 2.71 bits per heavy atom. The van der Waals surface area contributed by atoms with Crippen molar-refractivity contribution < 1.29 is 22.4 Å². The molecule has 2 N–H and O–H groups in total. The second-order valence-electron chi connectivity index (χ2n) is 4.76. The molecule has 2 heterocycles. The number of rotatable bonds is 2. The number of nitrogens with zero attached hydrogens (tertiary/aromatic N) is 2. The molecule has 0 saturated heterocycles. The van der Waals surface area contributed by atoms with E-state index in [1.54, 1.807) is 0 Å². The molecule has 0 saturated carbocycles. The molecule has 0 radical (unpaired) electrons. The fraction of sp³-hybridized carbons (Fsp3) is 0.0714. The van der Waals surface area contributed by atoms with Crippen LogP contribution in [0.3, 0.4) is 0 Å². The minimum absolute atomic E-state index is 0.0172. The second-order valence-corrected chi connectivity index (χ2v) is 5.12. The third kappa shape index (κ3) is 3.16. The van der Waals surface area contributed by atoms with E-state index in [9.17, 15) is 22.4 Å². The molecule has 0 spiro atoms. The van der Waals surface area contributed by atoms with E-state index in [2.05, 4.69) is 20.3 Å². The highest BCUT2D eigenvalue weighted by Gasteiger charge is 2.34. The van der Waals surface area contributed by atoms with Crippen LogP contribution in [-0.2, 0) is 6.18 Å². The van der Waals surface area contributed by atoms with Gasteiger partial charge in [0.15, 0.2) is 0 Å². The third-order valence-electron chi connectivity index (χ3n) is 3.06. The average Bonchev–Trinajstić information content (AvgIpc) is 2.93. The van der Waals surface area contributed by atoms with Crippen molar-refractivity contribution in [2.75, 3.05) is 5.32 Å². The fourth-order valence-corrected chi connectivity index (χ4v) is 2.19. The van der Waals surface area contributed by atoms with Crippen LogP contribution in [-0.4, -0.2) is 20.9 Å². The van der Waals surface area contributed by atoms with Crippen LogP contribution in [0.4, 0.5) is 23.2 Å². The van der Waals surface area contributed by atoms with Gasteiger partial charge in [0.1, 0.15) is 11.0 Å². The molecule has 1 amide bonds. The quantitative estimate of drug-likeness (QED) is 0.537. The first-order valence-electron chi connectivity index (χ1n) is 6.43. The summed E-state index contributed by atoms with van der Waals surface area (Å²) < 4.78 is 51.0. The van der Waals surface area contributed by atoms with Gasteiger partial charge < -0.3 is 10.3 Å². The number of imidazole rings is 1. The number of carbonyl (C=O) groups is 1. The first kappa shape index (κ1) is 16.2. The Labute approximate surface area is 136 Å². The number of pyridine rings is 1. The third-order valence-corrected chi connectivity index (χ3v) is 3.36. The Morgan fingerprint density at radius 1 is 1.25 bits per heavy atom. The largest absolute Gasteiger partial charge is 0.449 e. The smallest absolute Gasteiger partial charge is 0.334 e. The highest BCUT2D eigenvalue weighted by molar-refractivity contribution is 6.33. The van der Waals surface area contributed by atoms with Crippen LogP contribution in [0.2, 0.25) is 5.15 Å². The van der Waals surface area contributed by atoms with E-state index in [1.165, 1.54) is 18.2 Å². The van der Waals surface area contributed by atoms with Crippen LogP contribution in [0.15, 0.2) is 30.5 Å². The Balaban J connectivity index is 1.90. The van der Waals surface area contributed by atoms with Crippen LogP contribution in [0.5, 0.6) is 0 Å². The number of aromatic amines is 1. The predicted octanol–water partition coefficient (Wildman–Crippen LogP) is 4.02. The number of aromatic nitrogens is 3. The van der Waals surface area contributed by atoms with E-state index >= 15 is 0 Å². The molecule has 0 atom stereocenters. The molecule has 24 heavy (non-hydrogen) atoms. The van der Waals surface area contributed by atoms with E-state index in [-0.39, 0.29) is 27.4 Å². The van der Waals surface area contributed by atoms with Gasteiger partial charge >= 0.3 is 6.18 Å². The topological polar surface area (TPSA) is 70.7 Å². The zero-order valence-electron chi connectivity index (χ0n) is 11.6. The maximum absolute atomic E-state index is 13.1. The molecule has 0 fully saturated rings. The van der Waals surface area contributed by atoms with Crippen molar-refractivity contribution in [1.82, 2.24) is 15.0 Å². The maximum Gasteiger partial charge on any atom is 0.449 e. The van der Waals surface area contributed by atoms with Crippen molar-refractivity contribution in [2.45, 2.75) is 6.18 Å². The lowest BCUT2D eigenvalue weighted by molar-refractivity contribution is -0.144. The SMILES string of the molecule is O=C(Nc1ccc2[nH]c(C(F)(F)F)nc2c1)c1cc(F)cnc1Cl. The minimum atomic E-state index is -4.61. The molecule has 0 unspecified atom stereocenters. The molecular weight excluding hydrogens is 352 g/mol. The van der Waals surface area contributed by atoms with Crippen molar-refractivity contribution in [2.24, 2.45) is 0 Å². The number of carbonyl (C=O) groups excluding carboxylic acids is 1. The second kappa shape index (κ2) is 5.75. The zero-order valence-corrected chi connectivity index (χ0v) is 12.3. The fourth-order valence-electron chi connectivity index (χ4n) is 2.00. The highest BCUT2D eigenvalue weighted by atomic mass is 35.5. The maximum atomic E-state index is 13.1. The van der Waals surface area contributed by atoms with Gasteiger partial charge in [0, 0.05) is 5.69 Å². The first-order valence-corrected chi connectivity index (χ1v) is 6.81. The molecule has 0 aliphatic heterocycles. The van der Waals surface area contributed by atoms with Crippen LogP contribution in [0.25, 0.3) is 11.0 Å². The highest BCUT2D eigenvalue weighted by Crippen LogP contribution is 2.29. The monoisotopic (exact) mass is 358 g/mol. The number of halogens is 5. The molecule has 0 bridgehead atoms. The standard InChI is InChI=1S/C14H7ClF4N4O/c15-11-8(3-6(16)5-20-11)12(24)21-7-1-2-9-10(4-7)23-13(22-9)14(17,18)19/h1-5H,(H,21,24)(H,22,23). The number of hydrogen-bond acceptors (Lipinski definition) is 3. The van der Waals surface area contributed by atoms with Gasteiger partial charge in [-0.1, -0.05) is 11.6 Å². The lowest BCUT2D eigenvalue weighted by atomic mass is 10.2. The number of hydrogen-bond donors (Lipinski definition) is 2. The van der Waals surface area contributed by atoms with Gasteiger partial charge in [0.25, 0.3) is 5.91 Å². The molecule has 124 valence electrons. The summed E-state index contributed by atoms with van der Waals surface area (Å²) in [6.07, 6.45) is -3.75. The molecular formula is C14H7ClF4N4O. The van der Waals surface area contributed by atoms with Crippen LogP contribution >= 0.6 is 11.6 Å². The lowest BCUT2D eigenvalue weighted by Gasteiger charge is -2.06. The summed E-state index contributed by atoms with van der Waals surface area (Å²) >= 11 is 5.72. The van der Waals surface area contributed by atoms with E-state index in [4.69, 9.17) is 11.6 Å². The number of benzene rings is 1. The van der Waals surface area contributed by atoms with Crippen molar-refractivity contribution in [3.05, 3.63) is 52.8 Å². The number of anilines is 1. The summed E-state index contributed by atoms with van der Waals surface area (Å²) in [6, 6.07) is 4.86. The Morgan fingerprint density at radius 2 is 2.00 bits per heavy atom. The number of fused-ring (bicyclic) bond motifs is 1. The van der Waals surface area contributed by atoms with Gasteiger partial charge in [0.05, 0.1) is 22.8 Å². The van der Waals surface area contributed by atoms with Crippen molar-refractivity contribution in [3.63, 3.8) is 0 Å². The number of amides is 1. The van der Waals surface area contributed by atoms with Crippen molar-refractivity contribution >= 4 is 34.2 Å². The molecule has 5 nitrogen and oxygen atoms in total. The minimum Gasteiger partial charge on any atom is -0.334 e. The van der Waals surface area contributed by atoms with E-state index in [1.807, 2.05) is 0 Å². The summed E-state index contributed by atoms with van der Waals surface area (Å²) in [5, 5.41) is 2.20. The number of alkyl halides is 3. The van der Waals surface area contributed by atoms with Crippen molar-refractivity contribution in [3.8, 4) is 0 Å². The normalized spacial score (nSPS) is 11.7. The first-order chi connectivity index (χ1) is 11.2. The molecule has 0 aliphatic carbocycles. The van der Waals surface area contributed by atoms with Crippen LogP contribution in [0.1, 0.15) is 16.2 Å². The van der Waals surface area contributed by atoms with Gasteiger partial charge in [-0.05, 0) is 24.3 Å². The van der Waals surface area contributed by atoms with E-state index < -0.39 is 23.7 Å². The van der Waals surface area contributed by atoms with E-state index in [0.717, 1.165) is 12.3 Å². The summed E-state index contributed by atoms with van der Waals surface area (Å²) in [6.45, 7) is 0. The molecule has 3 rings (SSSR count). The molecule has 1 aromatic carbocycles. The summed E-state index contributed by atoms with van der Waals surface area (Å²) in [5.74, 6) is -2.64. The summed E-state index contributed by atoms with van der Waals surface area (Å²) in [7, 11) is 0. The number of H-pyrrole nitrogens is 1. The Kier molecular flexibility index (Phi) is 3.88. The van der Waals surface area contributed by atoms with Gasteiger partial charge in [-0.25, -0.2) is 14.4 Å².